The minimum Gasteiger partial charge on any atom is -0.452 e. The molecular formula is C13H16BrN3O6S. The minimum atomic E-state index is -3.99. The summed E-state index contributed by atoms with van der Waals surface area (Å²) in [5, 5.41) is 9.38. The topological polar surface area (TPSA) is 145 Å². The van der Waals surface area contributed by atoms with Gasteiger partial charge in [0.25, 0.3) is 5.91 Å². The number of amides is 3. The molecule has 0 aliphatic heterocycles. The molecule has 0 saturated heterocycles. The molecule has 0 aromatic heterocycles. The van der Waals surface area contributed by atoms with E-state index in [2.05, 4.69) is 21.2 Å². The molecular weight excluding hydrogens is 406 g/mol. The third kappa shape index (κ3) is 6.26. The van der Waals surface area contributed by atoms with Gasteiger partial charge in [-0.1, -0.05) is 6.92 Å². The number of benzene rings is 1. The monoisotopic (exact) mass is 421 g/mol. The maximum atomic E-state index is 11.9. The van der Waals surface area contributed by atoms with Crippen molar-refractivity contribution >= 4 is 43.9 Å². The molecule has 0 heterocycles. The van der Waals surface area contributed by atoms with E-state index in [1.807, 2.05) is 12.2 Å². The molecule has 0 radical (unpaired) electrons. The quantitative estimate of drug-likeness (QED) is 0.569. The number of nitrogens with one attached hydrogen (secondary N) is 2. The fourth-order valence-electron chi connectivity index (χ4n) is 1.49. The maximum Gasteiger partial charge on any atom is 0.339 e. The van der Waals surface area contributed by atoms with Gasteiger partial charge in [-0.3, -0.25) is 10.1 Å². The van der Waals surface area contributed by atoms with Crippen LogP contribution in [0.2, 0.25) is 0 Å². The number of halogens is 1. The van der Waals surface area contributed by atoms with Crippen LogP contribution in [-0.4, -0.2) is 39.5 Å². The number of imide groups is 1. The summed E-state index contributed by atoms with van der Waals surface area (Å²) in [5.74, 6) is -1.77. The molecule has 0 aliphatic rings. The number of hydrogen-bond donors (Lipinski definition) is 3. The van der Waals surface area contributed by atoms with Crippen molar-refractivity contribution in [3.05, 3.63) is 28.2 Å². The summed E-state index contributed by atoms with van der Waals surface area (Å²) in [4.78, 5) is 34.4. The second kappa shape index (κ2) is 8.76. The Labute approximate surface area is 147 Å². The molecule has 4 N–H and O–H groups in total. The number of urea groups is 1. The highest BCUT2D eigenvalue weighted by molar-refractivity contribution is 9.10. The van der Waals surface area contributed by atoms with Crippen LogP contribution in [0, 0.1) is 0 Å². The van der Waals surface area contributed by atoms with Crippen molar-refractivity contribution in [1.82, 2.24) is 10.6 Å². The van der Waals surface area contributed by atoms with E-state index in [1.54, 1.807) is 0 Å². The highest BCUT2D eigenvalue weighted by atomic mass is 79.9. The zero-order chi connectivity index (χ0) is 18.3. The first-order valence-electron chi connectivity index (χ1n) is 6.72. The number of primary sulfonamides is 1. The Balaban J connectivity index is 2.69. The van der Waals surface area contributed by atoms with Crippen molar-refractivity contribution in [3.8, 4) is 0 Å². The number of rotatable bonds is 6. The van der Waals surface area contributed by atoms with Crippen molar-refractivity contribution in [2.75, 3.05) is 13.2 Å². The Hall–Kier alpha value is -1.98. The van der Waals surface area contributed by atoms with Crippen LogP contribution in [0.4, 0.5) is 4.79 Å². The van der Waals surface area contributed by atoms with Gasteiger partial charge >= 0.3 is 12.0 Å². The van der Waals surface area contributed by atoms with Crippen LogP contribution < -0.4 is 15.8 Å². The Morgan fingerprint density at radius 1 is 1.29 bits per heavy atom. The lowest BCUT2D eigenvalue weighted by atomic mass is 10.2. The van der Waals surface area contributed by atoms with Crippen molar-refractivity contribution < 1.29 is 27.5 Å². The van der Waals surface area contributed by atoms with Gasteiger partial charge in [-0.25, -0.2) is 23.1 Å². The average molecular weight is 422 g/mol. The van der Waals surface area contributed by atoms with Crippen LogP contribution in [0.25, 0.3) is 0 Å². The zero-order valence-electron chi connectivity index (χ0n) is 12.7. The third-order valence-corrected chi connectivity index (χ3v) is 4.21. The molecule has 0 spiro atoms. The standard InChI is InChI=1S/C13H16BrN3O6S/c1-2-5-16-13(20)17-11(18)7-23-12(19)9-6-8(24(15,21)22)3-4-10(9)14/h3-4,6H,2,5,7H2,1H3,(H2,15,21,22)(H2,16,17,18,20). The summed E-state index contributed by atoms with van der Waals surface area (Å²) >= 11 is 3.07. The summed E-state index contributed by atoms with van der Waals surface area (Å²) in [5.41, 5.74) is -0.121. The smallest absolute Gasteiger partial charge is 0.339 e. The lowest BCUT2D eigenvalue weighted by Gasteiger charge is -2.08. The average Bonchev–Trinajstić information content (AvgIpc) is 2.49. The fourth-order valence-corrected chi connectivity index (χ4v) is 2.44. The Kier molecular flexibility index (Phi) is 7.32. The van der Waals surface area contributed by atoms with Gasteiger partial charge in [-0.15, -0.1) is 0 Å². The number of hydrogen-bond acceptors (Lipinski definition) is 6. The van der Waals surface area contributed by atoms with E-state index in [0.717, 1.165) is 6.07 Å². The summed E-state index contributed by atoms with van der Waals surface area (Å²) < 4.78 is 27.6. The van der Waals surface area contributed by atoms with Gasteiger partial charge in [-0.2, -0.15) is 0 Å². The van der Waals surface area contributed by atoms with Gasteiger partial charge in [0.05, 0.1) is 10.5 Å². The summed E-state index contributed by atoms with van der Waals surface area (Å²) in [6.45, 7) is 1.54. The highest BCUT2D eigenvalue weighted by Gasteiger charge is 2.18. The molecule has 1 aromatic rings. The van der Waals surface area contributed by atoms with Crippen LogP contribution >= 0.6 is 15.9 Å². The Morgan fingerprint density at radius 3 is 2.54 bits per heavy atom. The maximum absolute atomic E-state index is 11.9. The Bertz CT molecular complexity index is 750. The highest BCUT2D eigenvalue weighted by Crippen LogP contribution is 2.21. The molecule has 9 nitrogen and oxygen atoms in total. The van der Waals surface area contributed by atoms with Crippen LogP contribution in [-0.2, 0) is 19.6 Å². The molecule has 132 valence electrons. The predicted molar refractivity (Wildman–Crippen MR) is 87.6 cm³/mol. The lowest BCUT2D eigenvalue weighted by Crippen LogP contribution is -2.41. The van der Waals surface area contributed by atoms with Gasteiger partial charge in [0.1, 0.15) is 0 Å². The van der Waals surface area contributed by atoms with Gasteiger partial charge in [-0.05, 0) is 40.5 Å². The van der Waals surface area contributed by atoms with E-state index in [0.29, 0.717) is 13.0 Å². The van der Waals surface area contributed by atoms with Crippen molar-refractivity contribution in [2.24, 2.45) is 5.14 Å². The molecule has 0 fully saturated rings. The summed E-state index contributed by atoms with van der Waals surface area (Å²) in [6, 6.07) is 2.85. The van der Waals surface area contributed by atoms with Crippen molar-refractivity contribution in [1.29, 1.82) is 0 Å². The van der Waals surface area contributed by atoms with Gasteiger partial charge in [0.2, 0.25) is 10.0 Å². The molecule has 3 amide bonds. The molecule has 1 aromatic carbocycles. The number of esters is 1. The number of nitrogens with two attached hydrogens (primary N) is 1. The van der Waals surface area contributed by atoms with Crippen molar-refractivity contribution in [2.45, 2.75) is 18.2 Å². The SMILES string of the molecule is CCCNC(=O)NC(=O)COC(=O)c1cc(S(N)(=O)=O)ccc1Br. The number of carbonyl (C=O) groups is 3. The van der Waals surface area contributed by atoms with E-state index in [-0.39, 0.29) is 14.9 Å². The van der Waals surface area contributed by atoms with Crippen LogP contribution in [0.3, 0.4) is 0 Å². The van der Waals surface area contributed by atoms with Gasteiger partial charge in [0.15, 0.2) is 6.61 Å². The van der Waals surface area contributed by atoms with E-state index in [1.165, 1.54) is 12.1 Å². The first-order valence-corrected chi connectivity index (χ1v) is 9.06. The molecule has 0 saturated carbocycles. The second-order valence-corrected chi connectivity index (χ2v) is 6.98. The van der Waals surface area contributed by atoms with E-state index >= 15 is 0 Å². The summed E-state index contributed by atoms with van der Waals surface area (Å²) in [7, 11) is -3.99. The van der Waals surface area contributed by atoms with Crippen LogP contribution in [0.1, 0.15) is 23.7 Å². The minimum absolute atomic E-state index is 0.121. The van der Waals surface area contributed by atoms with Gasteiger partial charge in [0, 0.05) is 11.0 Å². The predicted octanol–water partition coefficient (Wildman–Crippen LogP) is 0.489. The molecule has 24 heavy (non-hydrogen) atoms. The van der Waals surface area contributed by atoms with Crippen LogP contribution in [0.5, 0.6) is 0 Å². The van der Waals surface area contributed by atoms with Crippen LogP contribution in [0.15, 0.2) is 27.6 Å². The lowest BCUT2D eigenvalue weighted by molar-refractivity contribution is -0.123. The first kappa shape index (κ1) is 20.1. The first-order chi connectivity index (χ1) is 11.1. The van der Waals surface area contributed by atoms with E-state index in [9.17, 15) is 22.8 Å². The number of carbonyl (C=O) groups excluding carboxylic acids is 3. The normalized spacial score (nSPS) is 10.8. The number of sulfonamides is 1. The third-order valence-electron chi connectivity index (χ3n) is 2.61. The van der Waals surface area contributed by atoms with E-state index < -0.39 is 34.5 Å². The molecule has 11 heteroatoms. The van der Waals surface area contributed by atoms with E-state index in [4.69, 9.17) is 9.88 Å². The molecule has 0 aliphatic carbocycles. The van der Waals surface area contributed by atoms with Crippen molar-refractivity contribution in [3.63, 3.8) is 0 Å². The molecule has 0 unspecified atom stereocenters. The van der Waals surface area contributed by atoms with Gasteiger partial charge < -0.3 is 10.1 Å². The fraction of sp³-hybridized carbons (Fsp3) is 0.308. The number of ether oxygens (including phenoxy) is 1. The summed E-state index contributed by atoms with van der Waals surface area (Å²) in [6.07, 6.45) is 0.699. The largest absolute Gasteiger partial charge is 0.452 e. The second-order valence-electron chi connectivity index (χ2n) is 4.57. The molecule has 0 atom stereocenters. The zero-order valence-corrected chi connectivity index (χ0v) is 15.1. The molecule has 1 rings (SSSR count). The Morgan fingerprint density at radius 2 is 1.96 bits per heavy atom. The molecule has 0 bridgehead atoms.